The predicted octanol–water partition coefficient (Wildman–Crippen LogP) is 1.40. The molecule has 1 amide bonds. The molecule has 0 atom stereocenters. The zero-order valence-corrected chi connectivity index (χ0v) is 9.55. The van der Waals surface area contributed by atoms with E-state index in [1.54, 1.807) is 0 Å². The number of nitro benzene ring substituents is 1. The van der Waals surface area contributed by atoms with E-state index in [4.69, 9.17) is 0 Å². The molecule has 1 aromatic heterocycles. The Hall–Kier alpha value is -2.55. The molecule has 0 saturated carbocycles. The first kappa shape index (κ1) is 11.9. The lowest BCUT2D eigenvalue weighted by atomic mass is 10.2. The van der Waals surface area contributed by atoms with E-state index < -0.39 is 10.8 Å². The van der Waals surface area contributed by atoms with Gasteiger partial charge in [0.05, 0.1) is 11.1 Å². The van der Waals surface area contributed by atoms with Crippen molar-refractivity contribution >= 4 is 28.8 Å². The zero-order chi connectivity index (χ0) is 13.1. The molecule has 1 heterocycles. The molecule has 2 rings (SSSR count). The van der Waals surface area contributed by atoms with Crippen LogP contribution < -0.4 is 5.32 Å². The van der Waals surface area contributed by atoms with Crippen LogP contribution in [0, 0.1) is 10.1 Å². The number of hydrogen-bond acceptors (Lipinski definition) is 7. The molecule has 9 heteroatoms. The second kappa shape index (κ2) is 4.75. The first-order chi connectivity index (χ1) is 8.58. The van der Waals surface area contributed by atoms with Gasteiger partial charge in [0.2, 0.25) is 0 Å². The summed E-state index contributed by atoms with van der Waals surface area (Å²) in [5, 5.41) is 25.8. The molecule has 92 valence electrons. The molecule has 0 unspecified atom stereocenters. The fourth-order valence-corrected chi connectivity index (χ4v) is 1.64. The predicted molar refractivity (Wildman–Crippen MR) is 62.6 cm³/mol. The normalized spacial score (nSPS) is 10.0. The number of aromatic nitrogens is 2. The monoisotopic (exact) mass is 266 g/mol. The van der Waals surface area contributed by atoms with E-state index in [0.29, 0.717) is 0 Å². The summed E-state index contributed by atoms with van der Waals surface area (Å²) < 4.78 is 3.51. The largest absolute Gasteiger partial charge is 0.508 e. The van der Waals surface area contributed by atoms with Crippen LogP contribution >= 0.6 is 11.5 Å². The minimum Gasteiger partial charge on any atom is -0.508 e. The second-order valence-corrected chi connectivity index (χ2v) is 3.98. The standard InChI is InChI=1S/C9H6N4O4S/c14-5-1-2-7(13(16)17)6(3-5)11-9(15)8-4-10-12-18-8/h1-4,14H,(H,11,15). The van der Waals surface area contributed by atoms with Gasteiger partial charge in [-0.2, -0.15) is 0 Å². The van der Waals surface area contributed by atoms with Gasteiger partial charge in [-0.15, -0.1) is 5.10 Å². The summed E-state index contributed by atoms with van der Waals surface area (Å²) in [5.74, 6) is -0.753. The van der Waals surface area contributed by atoms with Crippen LogP contribution in [0.25, 0.3) is 0 Å². The number of nitro groups is 1. The molecule has 8 nitrogen and oxygen atoms in total. The second-order valence-electron chi connectivity index (χ2n) is 3.19. The number of nitrogens with one attached hydrogen (secondary N) is 1. The zero-order valence-electron chi connectivity index (χ0n) is 8.73. The van der Waals surface area contributed by atoms with Gasteiger partial charge in [0.15, 0.2) is 0 Å². The van der Waals surface area contributed by atoms with Gasteiger partial charge in [-0.1, -0.05) is 4.49 Å². The van der Waals surface area contributed by atoms with E-state index in [9.17, 15) is 20.0 Å². The number of carbonyl (C=O) groups excluding carboxylic acids is 1. The van der Waals surface area contributed by atoms with Gasteiger partial charge in [-0.25, -0.2) is 0 Å². The summed E-state index contributed by atoms with van der Waals surface area (Å²) in [6.07, 6.45) is 1.24. The highest BCUT2D eigenvalue weighted by Crippen LogP contribution is 2.28. The third kappa shape index (κ3) is 2.40. The summed E-state index contributed by atoms with van der Waals surface area (Å²) in [5.41, 5.74) is -0.392. The number of aromatic hydroxyl groups is 1. The number of rotatable bonds is 3. The van der Waals surface area contributed by atoms with Gasteiger partial charge in [-0.3, -0.25) is 14.9 Å². The Morgan fingerprint density at radius 1 is 1.50 bits per heavy atom. The van der Waals surface area contributed by atoms with Crippen molar-refractivity contribution in [2.75, 3.05) is 5.32 Å². The minimum atomic E-state index is -0.653. The van der Waals surface area contributed by atoms with Gasteiger partial charge in [0, 0.05) is 12.1 Å². The van der Waals surface area contributed by atoms with Crippen LogP contribution in [0.1, 0.15) is 9.67 Å². The SMILES string of the molecule is O=C(Nc1cc(O)ccc1[N+](=O)[O-])c1cnns1. The van der Waals surface area contributed by atoms with Crippen molar-refractivity contribution in [3.63, 3.8) is 0 Å². The van der Waals surface area contributed by atoms with E-state index in [1.165, 1.54) is 12.3 Å². The van der Waals surface area contributed by atoms with Crippen LogP contribution in [0.15, 0.2) is 24.4 Å². The molecule has 18 heavy (non-hydrogen) atoms. The molecule has 0 radical (unpaired) electrons. The number of nitrogens with zero attached hydrogens (tertiary/aromatic N) is 3. The van der Waals surface area contributed by atoms with Crippen LogP contribution in [-0.2, 0) is 0 Å². The molecule has 0 fully saturated rings. The number of benzene rings is 1. The average Bonchev–Trinajstić information content (AvgIpc) is 2.81. The summed E-state index contributed by atoms with van der Waals surface area (Å²) in [7, 11) is 0. The molecule has 0 bridgehead atoms. The molecular formula is C9H6N4O4S. The van der Waals surface area contributed by atoms with Crippen molar-refractivity contribution in [2.24, 2.45) is 0 Å². The molecule has 2 aromatic rings. The highest BCUT2D eigenvalue weighted by atomic mass is 32.1. The van der Waals surface area contributed by atoms with Crippen LogP contribution in [0.4, 0.5) is 11.4 Å². The van der Waals surface area contributed by atoms with Gasteiger partial charge in [0.1, 0.15) is 16.3 Å². The van der Waals surface area contributed by atoms with Crippen LogP contribution in [0.5, 0.6) is 5.75 Å². The highest BCUT2D eigenvalue weighted by molar-refractivity contribution is 7.07. The Morgan fingerprint density at radius 2 is 2.28 bits per heavy atom. The Morgan fingerprint density at radius 3 is 2.89 bits per heavy atom. The number of carbonyl (C=O) groups is 1. The van der Waals surface area contributed by atoms with Crippen molar-refractivity contribution in [1.29, 1.82) is 0 Å². The lowest BCUT2D eigenvalue weighted by molar-refractivity contribution is -0.383. The maximum Gasteiger partial charge on any atom is 0.293 e. The molecule has 0 aliphatic rings. The summed E-state index contributed by atoms with van der Waals surface area (Å²) >= 11 is 0.863. The average molecular weight is 266 g/mol. The Balaban J connectivity index is 2.31. The van der Waals surface area contributed by atoms with E-state index >= 15 is 0 Å². The minimum absolute atomic E-state index is 0.0848. The van der Waals surface area contributed by atoms with Crippen LogP contribution in [-0.4, -0.2) is 25.5 Å². The molecule has 0 aliphatic carbocycles. The van der Waals surface area contributed by atoms with E-state index in [0.717, 1.165) is 23.7 Å². The van der Waals surface area contributed by atoms with E-state index in [2.05, 4.69) is 14.9 Å². The van der Waals surface area contributed by atoms with Crippen molar-refractivity contribution in [3.05, 3.63) is 39.4 Å². The maximum absolute atomic E-state index is 11.7. The fraction of sp³-hybridized carbons (Fsp3) is 0. The first-order valence-corrected chi connectivity index (χ1v) is 5.41. The molecule has 0 spiro atoms. The highest BCUT2D eigenvalue weighted by Gasteiger charge is 2.18. The van der Waals surface area contributed by atoms with Gasteiger partial charge < -0.3 is 10.4 Å². The van der Waals surface area contributed by atoms with Gasteiger partial charge in [-0.05, 0) is 17.6 Å². The molecule has 0 saturated heterocycles. The van der Waals surface area contributed by atoms with Crippen LogP contribution in [0.2, 0.25) is 0 Å². The Bertz CT molecular complexity index is 599. The van der Waals surface area contributed by atoms with E-state index in [1.807, 2.05) is 0 Å². The van der Waals surface area contributed by atoms with Crippen molar-refractivity contribution in [1.82, 2.24) is 9.59 Å². The van der Waals surface area contributed by atoms with Gasteiger partial charge >= 0.3 is 0 Å². The lowest BCUT2D eigenvalue weighted by Gasteiger charge is -2.04. The van der Waals surface area contributed by atoms with E-state index in [-0.39, 0.29) is 22.0 Å². The Kier molecular flexibility index (Phi) is 3.15. The molecule has 2 N–H and O–H groups in total. The van der Waals surface area contributed by atoms with Crippen LogP contribution in [0.3, 0.4) is 0 Å². The smallest absolute Gasteiger partial charge is 0.293 e. The molecule has 1 aromatic carbocycles. The first-order valence-electron chi connectivity index (χ1n) is 4.64. The summed E-state index contributed by atoms with van der Waals surface area (Å²) in [6.45, 7) is 0. The number of anilines is 1. The summed E-state index contributed by atoms with van der Waals surface area (Å²) in [4.78, 5) is 22.0. The van der Waals surface area contributed by atoms with Crippen molar-refractivity contribution < 1.29 is 14.8 Å². The molecular weight excluding hydrogens is 260 g/mol. The third-order valence-electron chi connectivity index (χ3n) is 2.01. The molecule has 0 aliphatic heterocycles. The lowest BCUT2D eigenvalue weighted by Crippen LogP contribution is -2.11. The topological polar surface area (TPSA) is 118 Å². The van der Waals surface area contributed by atoms with Crippen molar-refractivity contribution in [2.45, 2.75) is 0 Å². The number of phenols is 1. The fourth-order valence-electron chi connectivity index (χ4n) is 1.23. The quantitative estimate of drug-likeness (QED) is 0.640. The number of amides is 1. The number of phenolic OH excluding ortho intramolecular Hbond substituents is 1. The third-order valence-corrected chi connectivity index (χ3v) is 2.67. The van der Waals surface area contributed by atoms with Crippen molar-refractivity contribution in [3.8, 4) is 5.75 Å². The van der Waals surface area contributed by atoms with Gasteiger partial charge in [0.25, 0.3) is 11.6 Å². The Labute approximate surface area is 104 Å². The summed E-state index contributed by atoms with van der Waals surface area (Å²) in [6, 6.07) is 3.38. The number of hydrogen-bond donors (Lipinski definition) is 2. The maximum atomic E-state index is 11.7.